The first-order chi connectivity index (χ1) is 31.4. The van der Waals surface area contributed by atoms with Gasteiger partial charge in [0.25, 0.3) is 0 Å². The van der Waals surface area contributed by atoms with Crippen LogP contribution in [0.25, 0.3) is 5.52 Å². The summed E-state index contributed by atoms with van der Waals surface area (Å²) in [6.07, 6.45) is 21.6. The Kier molecular flexibility index (Phi) is 16.8. The van der Waals surface area contributed by atoms with Crippen molar-refractivity contribution < 1.29 is 41.8 Å². The summed E-state index contributed by atoms with van der Waals surface area (Å²) in [4.78, 5) is 8.26. The van der Waals surface area contributed by atoms with Gasteiger partial charge in [-0.1, -0.05) is 127 Å². The molecule has 354 valence electrons. The van der Waals surface area contributed by atoms with Crippen LogP contribution in [-0.4, -0.2) is 75.2 Å². The third-order valence-corrected chi connectivity index (χ3v) is 14.1. The molecule has 3 aromatic heterocycles. The van der Waals surface area contributed by atoms with Crippen molar-refractivity contribution in [3.63, 3.8) is 0 Å². The molecule has 0 radical (unpaired) electrons. The maximum Gasteiger partial charge on any atom is 0.530 e. The van der Waals surface area contributed by atoms with E-state index in [1.165, 1.54) is 102 Å². The van der Waals surface area contributed by atoms with Crippen LogP contribution in [0.2, 0.25) is 5.02 Å². The first-order valence-electron chi connectivity index (χ1n) is 23.5. The number of nitrogen functional groups attached to an aromatic ring is 1. The third-order valence-electron chi connectivity index (χ3n) is 12.5. The Bertz CT molecular complexity index is 2260. The van der Waals surface area contributed by atoms with Gasteiger partial charge in [0.2, 0.25) is 0 Å². The lowest BCUT2D eigenvalue weighted by atomic mass is 9.91. The molecular weight excluding hydrogens is 871 g/mol. The van der Waals surface area contributed by atoms with E-state index < -0.39 is 49.2 Å². The molecule has 15 nitrogen and oxygen atoms in total. The van der Waals surface area contributed by atoms with Crippen LogP contribution in [0.1, 0.15) is 142 Å². The lowest BCUT2D eigenvalue weighted by molar-refractivity contribution is -0.196. The number of halogens is 1. The summed E-state index contributed by atoms with van der Waals surface area (Å²) in [7, 11) is -4.56. The average Bonchev–Trinajstić information content (AvgIpc) is 3.60. The van der Waals surface area contributed by atoms with Crippen molar-refractivity contribution in [3.05, 3.63) is 77.5 Å². The molecule has 1 aromatic carbocycles. The van der Waals surface area contributed by atoms with Crippen LogP contribution in [0.3, 0.4) is 0 Å². The summed E-state index contributed by atoms with van der Waals surface area (Å²) >= 11 is 6.52. The highest BCUT2D eigenvalue weighted by Crippen LogP contribution is 2.70. The summed E-state index contributed by atoms with van der Waals surface area (Å²) in [5, 5.41) is 14.2. The summed E-state index contributed by atoms with van der Waals surface area (Å²) in [6.45, 7) is 8.07. The Morgan fingerprint density at radius 2 is 1.58 bits per heavy atom. The number of phosphoric acid groups is 1. The predicted molar refractivity (Wildman–Crippen MR) is 247 cm³/mol. The first-order valence-corrected chi connectivity index (χ1v) is 25.4. The number of benzene rings is 1. The van der Waals surface area contributed by atoms with E-state index in [0.29, 0.717) is 34.9 Å². The number of aromatic nitrogens is 4. The summed E-state index contributed by atoms with van der Waals surface area (Å²) in [5.41, 5.74) is 5.48. The standard InChI is InChI=1S/C48H66ClN6O9P/c1-5-6-7-8-9-10-11-12-13-14-15-16-17-18-19-22-27-57-32-37(59-36-28-35(29-50)30-52-31-36)33-58-65(56,62-40-24-21-20-23-38(40)49)63-43-42-48(43)45(61-46(2,3)64-48)47(4,60-42)41-26-25-39-44(51)53-34-54-55(39)41/h20-21,23-26,28,30-31,34,37,42-43,45H,5-19,22,27,32-33H2,1-4H3,(H2,51,53,54)/t37-,42-,43?,45+,47+,48+,65?/m1/s1. The van der Waals surface area contributed by atoms with Gasteiger partial charge in [-0.2, -0.15) is 10.4 Å². The molecule has 17 heteroatoms. The maximum absolute atomic E-state index is 15.0. The Morgan fingerprint density at radius 1 is 0.908 bits per heavy atom. The molecular formula is C48H66ClN6O9P. The zero-order valence-corrected chi connectivity index (χ0v) is 40.0. The predicted octanol–water partition coefficient (Wildman–Crippen LogP) is 11.1. The van der Waals surface area contributed by atoms with Crippen molar-refractivity contribution in [3.8, 4) is 17.6 Å². The lowest BCUT2D eigenvalue weighted by Crippen LogP contribution is -2.45. The molecule has 7 atom stereocenters. The van der Waals surface area contributed by atoms with Crippen molar-refractivity contribution in [1.29, 1.82) is 5.26 Å². The fourth-order valence-corrected chi connectivity index (χ4v) is 10.8. The van der Waals surface area contributed by atoms with E-state index in [9.17, 15) is 5.26 Å². The number of nitrogens with zero attached hydrogens (tertiary/aromatic N) is 5. The molecule has 65 heavy (non-hydrogen) atoms. The molecule has 2 N–H and O–H groups in total. The van der Waals surface area contributed by atoms with E-state index in [0.717, 1.165) is 19.3 Å². The number of fused-ring (bicyclic) bond motifs is 1. The van der Waals surface area contributed by atoms with Crippen LogP contribution in [0, 0.1) is 11.3 Å². The van der Waals surface area contributed by atoms with E-state index in [1.807, 2.05) is 19.1 Å². The van der Waals surface area contributed by atoms with Crippen LogP contribution >= 0.6 is 19.4 Å². The van der Waals surface area contributed by atoms with E-state index in [4.69, 9.17) is 54.6 Å². The number of nitrogens with two attached hydrogens (primary N) is 1. The Morgan fingerprint density at radius 3 is 2.26 bits per heavy atom. The average molecular weight is 938 g/mol. The van der Waals surface area contributed by atoms with Crippen LogP contribution in [-0.2, 0) is 38.2 Å². The molecule has 2 aliphatic heterocycles. The second-order valence-electron chi connectivity index (χ2n) is 18.1. The summed E-state index contributed by atoms with van der Waals surface area (Å²) < 4.78 is 67.5. The SMILES string of the molecule is CCCCCCCCCCCCCCCCCCOC[C@H](COP(=O)(Oc1ccccc1Cl)OC1[C@H]2O[C@@](C)(c3ccc4c(N)ncnn34)[C@@H]3OC(C)(C)O[C@]123)Oc1cncc(C#N)c1. The molecule has 2 saturated heterocycles. The molecule has 3 fully saturated rings. The number of pyridine rings is 1. The minimum atomic E-state index is -4.56. The van der Waals surface area contributed by atoms with Gasteiger partial charge in [0, 0.05) is 18.9 Å². The highest BCUT2D eigenvalue weighted by atomic mass is 35.5. The summed E-state index contributed by atoms with van der Waals surface area (Å²) in [6, 6.07) is 13.9. The van der Waals surface area contributed by atoms with Crippen molar-refractivity contribution in [2.75, 3.05) is 25.6 Å². The van der Waals surface area contributed by atoms with Gasteiger partial charge in [0.05, 0.1) is 35.7 Å². The van der Waals surface area contributed by atoms with Gasteiger partial charge in [-0.25, -0.2) is 14.1 Å². The molecule has 4 aromatic rings. The Hall–Kier alpha value is -3.84. The number of rotatable bonds is 29. The molecule has 1 aliphatic carbocycles. The van der Waals surface area contributed by atoms with Gasteiger partial charge in [-0.3, -0.25) is 14.0 Å². The van der Waals surface area contributed by atoms with Gasteiger partial charge in [-0.05, 0) is 51.5 Å². The molecule has 2 unspecified atom stereocenters. The van der Waals surface area contributed by atoms with Gasteiger partial charge in [0.1, 0.15) is 59.4 Å². The highest BCUT2D eigenvalue weighted by Gasteiger charge is 2.88. The number of nitriles is 1. The lowest BCUT2D eigenvalue weighted by Gasteiger charge is -2.33. The van der Waals surface area contributed by atoms with Gasteiger partial charge < -0.3 is 33.9 Å². The number of phosphoric ester groups is 1. The molecule has 1 saturated carbocycles. The molecule has 1 spiro atoms. The van der Waals surface area contributed by atoms with Crippen LogP contribution in [0.5, 0.6) is 11.5 Å². The smallest absolute Gasteiger partial charge is 0.484 e. The van der Waals surface area contributed by atoms with Crippen molar-refractivity contribution in [2.45, 2.75) is 172 Å². The van der Waals surface area contributed by atoms with Crippen LogP contribution in [0.4, 0.5) is 5.82 Å². The number of ether oxygens (including phenoxy) is 5. The summed E-state index contributed by atoms with van der Waals surface area (Å²) in [5.74, 6) is -0.334. The van der Waals surface area contributed by atoms with Crippen molar-refractivity contribution in [2.24, 2.45) is 0 Å². The van der Waals surface area contributed by atoms with Gasteiger partial charge in [0.15, 0.2) is 17.2 Å². The van der Waals surface area contributed by atoms with Crippen molar-refractivity contribution >= 4 is 30.8 Å². The monoisotopic (exact) mass is 936 g/mol. The maximum atomic E-state index is 15.0. The van der Waals surface area contributed by atoms with Gasteiger partial charge >= 0.3 is 7.82 Å². The Labute approximate surface area is 388 Å². The number of hydrogen-bond acceptors (Lipinski definition) is 14. The first kappa shape index (κ1) is 49.1. The topological polar surface area (TPSA) is 184 Å². The zero-order chi connectivity index (χ0) is 45.9. The van der Waals surface area contributed by atoms with Crippen molar-refractivity contribution in [1.82, 2.24) is 19.6 Å². The molecule has 3 aliphatic rings. The molecule has 5 heterocycles. The second kappa shape index (κ2) is 22.3. The fourth-order valence-electron chi connectivity index (χ4n) is 9.15. The minimum Gasteiger partial charge on any atom is -0.484 e. The second-order valence-corrected chi connectivity index (χ2v) is 20.0. The largest absolute Gasteiger partial charge is 0.530 e. The number of unbranched alkanes of at least 4 members (excludes halogenated alkanes) is 15. The molecule has 0 amide bonds. The number of hydrogen-bond donors (Lipinski definition) is 1. The van der Waals surface area contributed by atoms with Crippen LogP contribution < -0.4 is 15.0 Å². The molecule has 0 bridgehead atoms. The Balaban J connectivity index is 0.957. The van der Waals surface area contributed by atoms with E-state index in [2.05, 4.69) is 28.1 Å². The molecule has 7 rings (SSSR count). The van der Waals surface area contributed by atoms with E-state index >= 15 is 4.57 Å². The number of anilines is 1. The third kappa shape index (κ3) is 12.0. The number of para-hydroxylation sites is 1. The van der Waals surface area contributed by atoms with Gasteiger partial charge in [-0.15, -0.1) is 0 Å². The normalized spacial score (nSPS) is 24.3. The zero-order valence-electron chi connectivity index (χ0n) is 38.3. The minimum absolute atomic E-state index is 0.0889. The van der Waals surface area contributed by atoms with E-state index in [1.54, 1.807) is 48.7 Å². The van der Waals surface area contributed by atoms with E-state index in [-0.39, 0.29) is 24.0 Å². The quantitative estimate of drug-likeness (QED) is 0.0400. The van der Waals surface area contributed by atoms with Crippen LogP contribution in [0.15, 0.2) is 61.2 Å². The highest BCUT2D eigenvalue weighted by molar-refractivity contribution is 7.49. The fraction of sp³-hybridized carbons (Fsp3) is 0.625.